The Kier molecular flexibility index (Phi) is 8.07. The van der Waals surface area contributed by atoms with Crippen molar-refractivity contribution in [2.24, 2.45) is 0 Å². The van der Waals surface area contributed by atoms with E-state index in [2.05, 4.69) is 32.4 Å². The van der Waals surface area contributed by atoms with Crippen LogP contribution >= 0.6 is 23.1 Å². The van der Waals surface area contributed by atoms with Crippen LogP contribution in [0.4, 0.5) is 5.13 Å². The average Bonchev–Trinajstić information content (AvgIpc) is 3.51. The number of carbonyl (C=O) groups excluding carboxylic acids is 2. The first-order valence-electron chi connectivity index (χ1n) is 10.9. The van der Waals surface area contributed by atoms with Gasteiger partial charge in [-0.1, -0.05) is 66.4 Å². The first-order valence-corrected chi connectivity index (χ1v) is 12.7. The van der Waals surface area contributed by atoms with Gasteiger partial charge in [0.1, 0.15) is 0 Å². The number of aromatic nitrogens is 4. The number of carbonyl (C=O) groups is 2. The molecule has 35 heavy (non-hydrogen) atoms. The van der Waals surface area contributed by atoms with Gasteiger partial charge in [-0.3, -0.25) is 9.59 Å². The molecule has 0 saturated carbocycles. The number of anilines is 1. The van der Waals surface area contributed by atoms with Gasteiger partial charge in [0.05, 0.1) is 17.5 Å². The molecule has 0 unspecified atom stereocenters. The number of amides is 2. The number of thiazole rings is 1. The van der Waals surface area contributed by atoms with Gasteiger partial charge in [-0.2, -0.15) is 0 Å². The molecule has 2 heterocycles. The van der Waals surface area contributed by atoms with E-state index in [9.17, 15) is 9.59 Å². The monoisotopic (exact) mass is 504 g/mol. The fraction of sp³-hybridized carbons (Fsp3) is 0.160. The van der Waals surface area contributed by atoms with Gasteiger partial charge in [0.2, 0.25) is 5.91 Å². The van der Waals surface area contributed by atoms with Crippen LogP contribution in [0.15, 0.2) is 83.9 Å². The quantitative estimate of drug-likeness (QED) is 0.237. The summed E-state index contributed by atoms with van der Waals surface area (Å²) in [5.41, 5.74) is 2.38. The van der Waals surface area contributed by atoms with E-state index >= 15 is 0 Å². The number of benzene rings is 2. The first-order chi connectivity index (χ1) is 17.0. The number of allylic oxidation sites excluding steroid dienone is 1. The highest BCUT2D eigenvalue weighted by molar-refractivity contribution is 7.99. The molecule has 2 aromatic carbocycles. The number of thioether (sulfide) groups is 1. The molecule has 0 aliphatic heterocycles. The van der Waals surface area contributed by atoms with Crippen LogP contribution in [0.5, 0.6) is 0 Å². The molecule has 2 amide bonds. The van der Waals surface area contributed by atoms with E-state index in [0.717, 1.165) is 11.3 Å². The second-order valence-corrected chi connectivity index (χ2v) is 9.34. The van der Waals surface area contributed by atoms with E-state index in [1.807, 2.05) is 65.4 Å². The molecular weight excluding hydrogens is 480 g/mol. The van der Waals surface area contributed by atoms with E-state index in [1.54, 1.807) is 18.2 Å². The highest BCUT2D eigenvalue weighted by Gasteiger charge is 2.20. The van der Waals surface area contributed by atoms with Crippen molar-refractivity contribution >= 4 is 40.0 Å². The lowest BCUT2D eigenvalue weighted by atomic mass is 10.2. The molecule has 0 radical (unpaired) electrons. The Morgan fingerprint density at radius 1 is 1.11 bits per heavy atom. The largest absolute Gasteiger partial charge is 0.342 e. The van der Waals surface area contributed by atoms with Gasteiger partial charge in [-0.25, -0.2) is 4.98 Å². The summed E-state index contributed by atoms with van der Waals surface area (Å²) in [5, 5.41) is 17.3. The van der Waals surface area contributed by atoms with E-state index < -0.39 is 0 Å². The molecule has 178 valence electrons. The predicted octanol–water partition coefficient (Wildman–Crippen LogP) is 4.81. The summed E-state index contributed by atoms with van der Waals surface area (Å²) in [6, 6.07) is 18.4. The summed E-state index contributed by atoms with van der Waals surface area (Å²) in [5.74, 6) is 0.340. The van der Waals surface area contributed by atoms with Crippen molar-refractivity contribution in [2.75, 3.05) is 11.1 Å². The van der Waals surface area contributed by atoms with Crippen molar-refractivity contribution in [1.29, 1.82) is 0 Å². The Morgan fingerprint density at radius 3 is 2.54 bits per heavy atom. The molecule has 4 aromatic rings. The summed E-state index contributed by atoms with van der Waals surface area (Å²) >= 11 is 2.64. The van der Waals surface area contributed by atoms with Crippen LogP contribution < -0.4 is 10.6 Å². The van der Waals surface area contributed by atoms with Crippen LogP contribution in [0.2, 0.25) is 0 Å². The number of nitrogens with one attached hydrogen (secondary N) is 2. The van der Waals surface area contributed by atoms with Crippen molar-refractivity contribution in [3.05, 3.63) is 90.1 Å². The van der Waals surface area contributed by atoms with Crippen molar-refractivity contribution < 1.29 is 9.59 Å². The minimum absolute atomic E-state index is 0.139. The molecule has 2 aromatic heterocycles. The normalized spacial score (nSPS) is 11.6. The third-order valence-corrected chi connectivity index (χ3v) is 6.70. The summed E-state index contributed by atoms with van der Waals surface area (Å²) in [7, 11) is 0. The predicted molar refractivity (Wildman–Crippen MR) is 139 cm³/mol. The Bertz CT molecular complexity index is 1300. The van der Waals surface area contributed by atoms with Crippen LogP contribution in [0.3, 0.4) is 0 Å². The third-order valence-electron chi connectivity index (χ3n) is 4.98. The van der Waals surface area contributed by atoms with Crippen molar-refractivity contribution in [3.8, 4) is 11.3 Å². The van der Waals surface area contributed by atoms with E-state index in [-0.39, 0.29) is 23.6 Å². The van der Waals surface area contributed by atoms with Gasteiger partial charge in [0.15, 0.2) is 16.1 Å². The summed E-state index contributed by atoms with van der Waals surface area (Å²) < 4.78 is 1.85. The summed E-state index contributed by atoms with van der Waals surface area (Å²) in [6.45, 7) is 6.10. The highest BCUT2D eigenvalue weighted by Crippen LogP contribution is 2.25. The fourth-order valence-electron chi connectivity index (χ4n) is 3.32. The molecule has 2 N–H and O–H groups in total. The molecule has 1 atom stereocenters. The molecular formula is C25H24N6O2S2. The second kappa shape index (κ2) is 11.6. The van der Waals surface area contributed by atoms with Crippen LogP contribution in [0, 0.1) is 0 Å². The van der Waals surface area contributed by atoms with E-state index in [0.29, 0.717) is 28.2 Å². The van der Waals surface area contributed by atoms with Gasteiger partial charge in [0.25, 0.3) is 5.91 Å². The van der Waals surface area contributed by atoms with Crippen LogP contribution in [-0.4, -0.2) is 37.3 Å². The SMILES string of the molecule is C=CCn1c(SCC(=O)Nc2nc(-c3ccccc3)cs2)nnc1[C@@H](C)NC(=O)c1ccccc1. The summed E-state index contributed by atoms with van der Waals surface area (Å²) in [4.78, 5) is 29.6. The molecule has 8 nitrogen and oxygen atoms in total. The second-order valence-electron chi connectivity index (χ2n) is 7.54. The van der Waals surface area contributed by atoms with E-state index in [4.69, 9.17) is 0 Å². The number of hydrogen-bond donors (Lipinski definition) is 2. The first kappa shape index (κ1) is 24.4. The number of rotatable bonds is 10. The zero-order valence-electron chi connectivity index (χ0n) is 19.0. The standard InChI is InChI=1S/C25H24N6O2S2/c1-3-14-31-22(17(2)26-23(33)19-12-8-5-9-13-19)29-30-25(31)35-16-21(32)28-24-27-20(15-34-24)18-10-6-4-7-11-18/h3-13,15,17H,1,14,16H2,2H3,(H,26,33)(H,27,28,32)/t17-/m1/s1. The highest BCUT2D eigenvalue weighted by atomic mass is 32.2. The molecule has 0 spiro atoms. The maximum atomic E-state index is 12.5. The van der Waals surface area contributed by atoms with Crippen LogP contribution in [0.25, 0.3) is 11.3 Å². The molecule has 4 rings (SSSR count). The molecule has 0 aliphatic carbocycles. The summed E-state index contributed by atoms with van der Waals surface area (Å²) in [6.07, 6.45) is 1.73. The fourth-order valence-corrected chi connectivity index (χ4v) is 4.81. The minimum atomic E-state index is -0.384. The van der Waals surface area contributed by atoms with Crippen molar-refractivity contribution in [1.82, 2.24) is 25.1 Å². The lowest BCUT2D eigenvalue weighted by Crippen LogP contribution is -2.28. The zero-order valence-corrected chi connectivity index (χ0v) is 20.7. The maximum Gasteiger partial charge on any atom is 0.251 e. The van der Waals surface area contributed by atoms with Crippen LogP contribution in [0.1, 0.15) is 29.1 Å². The topological polar surface area (TPSA) is 102 Å². The number of hydrogen-bond acceptors (Lipinski definition) is 7. The Balaban J connectivity index is 1.37. The Morgan fingerprint density at radius 2 is 1.83 bits per heavy atom. The Labute approximate surface area is 211 Å². The van der Waals surface area contributed by atoms with Gasteiger partial charge >= 0.3 is 0 Å². The van der Waals surface area contributed by atoms with Gasteiger partial charge in [-0.15, -0.1) is 28.1 Å². The lowest BCUT2D eigenvalue weighted by molar-refractivity contribution is -0.113. The molecule has 0 bridgehead atoms. The molecule has 10 heteroatoms. The molecule has 0 saturated heterocycles. The van der Waals surface area contributed by atoms with E-state index in [1.165, 1.54) is 23.1 Å². The van der Waals surface area contributed by atoms with Crippen LogP contribution in [-0.2, 0) is 11.3 Å². The smallest absolute Gasteiger partial charge is 0.251 e. The average molecular weight is 505 g/mol. The lowest BCUT2D eigenvalue weighted by Gasteiger charge is -2.15. The van der Waals surface area contributed by atoms with Gasteiger partial charge in [-0.05, 0) is 19.1 Å². The van der Waals surface area contributed by atoms with Crippen molar-refractivity contribution in [2.45, 2.75) is 24.7 Å². The number of nitrogens with zero attached hydrogens (tertiary/aromatic N) is 4. The maximum absolute atomic E-state index is 12.5. The van der Waals surface area contributed by atoms with Gasteiger partial charge < -0.3 is 15.2 Å². The van der Waals surface area contributed by atoms with Gasteiger partial charge in [0, 0.05) is 23.1 Å². The third kappa shape index (κ3) is 6.23. The van der Waals surface area contributed by atoms with Crippen molar-refractivity contribution in [3.63, 3.8) is 0 Å². The molecule has 0 aliphatic rings. The zero-order chi connectivity index (χ0) is 24.6. The Hall–Kier alpha value is -3.76. The molecule has 0 fully saturated rings. The minimum Gasteiger partial charge on any atom is -0.342 e.